The fraction of sp³-hybridized carbons (Fsp3) is 0.435. The van der Waals surface area contributed by atoms with Crippen molar-refractivity contribution >= 4 is 5.91 Å². The molecule has 29 heavy (non-hydrogen) atoms. The average Bonchev–Trinajstić information content (AvgIpc) is 2.96. The Morgan fingerprint density at radius 3 is 2.45 bits per heavy atom. The van der Waals surface area contributed by atoms with Crippen molar-refractivity contribution in [2.24, 2.45) is 0 Å². The number of carbonyl (C=O) groups excluding carboxylic acids is 1. The van der Waals surface area contributed by atoms with Crippen molar-refractivity contribution in [3.8, 4) is 11.5 Å². The van der Waals surface area contributed by atoms with Crippen LogP contribution in [0.5, 0.6) is 11.5 Å². The Hall–Kier alpha value is -2.60. The summed E-state index contributed by atoms with van der Waals surface area (Å²) < 4.78 is 24.8. The molecule has 0 aliphatic carbocycles. The standard InChI is InChI=1S/C23H27FN2O3/c1-28-21-9-5-7-19(22(21)29-2)23(27)25-16-12-17-10-11-18(13-16)26(17)14-15-6-3-4-8-20(15)24/h3-9,16-18H,10-14H2,1-2H3,(H,25,27)/i24-1. The maximum absolute atomic E-state index is 14.1. The van der Waals surface area contributed by atoms with E-state index in [0.717, 1.165) is 31.2 Å². The molecule has 2 heterocycles. The fourth-order valence-electron chi connectivity index (χ4n) is 4.80. The Morgan fingerprint density at radius 1 is 1.07 bits per heavy atom. The number of rotatable bonds is 6. The third-order valence-electron chi connectivity index (χ3n) is 6.18. The number of fused-ring (bicyclic) bond motifs is 2. The number of methoxy groups -OCH3 is 2. The number of nitrogens with zero attached hydrogens (tertiary/aromatic N) is 1. The summed E-state index contributed by atoms with van der Waals surface area (Å²) in [7, 11) is 3.10. The summed E-state index contributed by atoms with van der Waals surface area (Å²) in [5.41, 5.74) is 1.22. The molecule has 2 saturated heterocycles. The van der Waals surface area contributed by atoms with Crippen molar-refractivity contribution in [1.29, 1.82) is 0 Å². The molecule has 2 fully saturated rings. The van der Waals surface area contributed by atoms with E-state index < -0.39 is 0 Å². The Labute approximate surface area is 170 Å². The van der Waals surface area contributed by atoms with Gasteiger partial charge in [-0.25, -0.2) is 4.39 Å². The molecule has 2 aliphatic rings. The van der Waals surface area contributed by atoms with Crippen molar-refractivity contribution in [1.82, 2.24) is 10.2 Å². The van der Waals surface area contributed by atoms with E-state index in [9.17, 15) is 9.18 Å². The van der Waals surface area contributed by atoms with E-state index in [0.29, 0.717) is 35.7 Å². The molecule has 2 aromatic rings. The molecule has 2 unspecified atom stereocenters. The average molecular weight is 397 g/mol. The van der Waals surface area contributed by atoms with Crippen molar-refractivity contribution in [3.63, 3.8) is 0 Å². The van der Waals surface area contributed by atoms with E-state index in [4.69, 9.17) is 9.47 Å². The molecule has 0 saturated carbocycles. The molecule has 0 radical (unpaired) electrons. The molecule has 1 amide bonds. The van der Waals surface area contributed by atoms with Crippen molar-refractivity contribution in [2.45, 2.75) is 50.4 Å². The van der Waals surface area contributed by atoms with E-state index >= 15 is 0 Å². The summed E-state index contributed by atoms with van der Waals surface area (Å²) in [5, 5.41) is 3.18. The van der Waals surface area contributed by atoms with Crippen LogP contribution in [-0.4, -0.2) is 43.2 Å². The molecule has 2 aromatic carbocycles. The summed E-state index contributed by atoms with van der Waals surface area (Å²) in [6.45, 7) is 0.631. The van der Waals surface area contributed by atoms with Crippen LogP contribution < -0.4 is 14.8 Å². The molecular weight excluding hydrogens is 370 g/mol. The summed E-state index contributed by atoms with van der Waals surface area (Å²) in [6, 6.07) is 13.1. The minimum atomic E-state index is -0.146. The molecule has 4 rings (SSSR count). The lowest BCUT2D eigenvalue weighted by Gasteiger charge is -2.39. The van der Waals surface area contributed by atoms with Gasteiger partial charge in [-0.1, -0.05) is 24.3 Å². The molecule has 0 aromatic heterocycles. The molecule has 2 bridgehead atoms. The van der Waals surface area contributed by atoms with E-state index in [1.165, 1.54) is 13.2 Å². The van der Waals surface area contributed by atoms with Crippen LogP contribution in [0.3, 0.4) is 0 Å². The quantitative estimate of drug-likeness (QED) is 0.806. The lowest BCUT2D eigenvalue weighted by atomic mass is 9.96. The maximum Gasteiger partial charge on any atom is 0.255 e. The lowest BCUT2D eigenvalue weighted by Crippen LogP contribution is -2.50. The first-order valence-corrected chi connectivity index (χ1v) is 10.1. The van der Waals surface area contributed by atoms with Gasteiger partial charge < -0.3 is 14.8 Å². The second-order valence-electron chi connectivity index (χ2n) is 7.83. The topological polar surface area (TPSA) is 50.8 Å². The van der Waals surface area contributed by atoms with Crippen LogP contribution in [0.1, 0.15) is 41.6 Å². The summed E-state index contributed by atoms with van der Waals surface area (Å²) in [6.07, 6.45) is 3.94. The van der Waals surface area contributed by atoms with Crippen LogP contribution in [-0.2, 0) is 6.54 Å². The first-order valence-electron chi connectivity index (χ1n) is 10.1. The molecule has 154 valence electrons. The number of halogens is 1. The fourth-order valence-corrected chi connectivity index (χ4v) is 4.80. The van der Waals surface area contributed by atoms with Gasteiger partial charge in [0.15, 0.2) is 11.5 Å². The third kappa shape index (κ3) is 3.94. The zero-order valence-electron chi connectivity index (χ0n) is 16.9. The van der Waals surface area contributed by atoms with Crippen LogP contribution >= 0.6 is 0 Å². The lowest BCUT2D eigenvalue weighted by molar-refractivity contribution is 0.0822. The Balaban J connectivity index is 1.43. The van der Waals surface area contributed by atoms with Gasteiger partial charge in [0.1, 0.15) is 5.82 Å². The highest BCUT2D eigenvalue weighted by atomic mass is 18.2. The summed E-state index contributed by atoms with van der Waals surface area (Å²) in [4.78, 5) is 15.3. The van der Waals surface area contributed by atoms with Crippen LogP contribution in [0, 0.1) is 5.82 Å². The Morgan fingerprint density at radius 2 is 1.79 bits per heavy atom. The SMILES string of the molecule is COc1cccc(C(=O)NC2CC3CCC(C2)N3Cc2ccccc2[18F])c1OC. The second-order valence-corrected chi connectivity index (χ2v) is 7.83. The number of amides is 1. The van der Waals surface area contributed by atoms with E-state index in [2.05, 4.69) is 10.2 Å². The minimum Gasteiger partial charge on any atom is -0.493 e. The number of para-hydroxylation sites is 1. The van der Waals surface area contributed by atoms with E-state index in [-0.39, 0.29) is 17.8 Å². The first kappa shape index (κ1) is 19.7. The number of hydrogen-bond acceptors (Lipinski definition) is 4. The number of benzene rings is 2. The predicted molar refractivity (Wildman–Crippen MR) is 109 cm³/mol. The molecule has 6 heteroatoms. The molecular formula is C23H27FN2O3. The zero-order valence-corrected chi connectivity index (χ0v) is 16.9. The van der Waals surface area contributed by atoms with Gasteiger partial charge >= 0.3 is 0 Å². The van der Waals surface area contributed by atoms with Crippen molar-refractivity contribution in [2.75, 3.05) is 14.2 Å². The maximum atomic E-state index is 14.1. The van der Waals surface area contributed by atoms with Crippen LogP contribution in [0.4, 0.5) is 4.39 Å². The van der Waals surface area contributed by atoms with Gasteiger partial charge in [0.05, 0.1) is 19.8 Å². The highest BCUT2D eigenvalue weighted by molar-refractivity contribution is 5.98. The third-order valence-corrected chi connectivity index (χ3v) is 6.18. The zero-order chi connectivity index (χ0) is 20.4. The minimum absolute atomic E-state index is 0.104. The highest BCUT2D eigenvalue weighted by Crippen LogP contribution is 2.37. The Bertz CT molecular complexity index is 874. The van der Waals surface area contributed by atoms with E-state index in [1.54, 1.807) is 31.4 Å². The smallest absolute Gasteiger partial charge is 0.255 e. The normalized spacial score (nSPS) is 23.6. The molecule has 1 N–H and O–H groups in total. The highest BCUT2D eigenvalue weighted by Gasteiger charge is 2.41. The van der Waals surface area contributed by atoms with Crippen LogP contribution in [0.2, 0.25) is 0 Å². The number of carbonyl (C=O) groups is 1. The number of ether oxygens (including phenoxy) is 2. The summed E-state index contributed by atoms with van der Waals surface area (Å²) in [5.74, 6) is 0.701. The predicted octanol–water partition coefficient (Wildman–Crippen LogP) is 3.77. The number of hydrogen-bond donors (Lipinski definition) is 1. The van der Waals surface area contributed by atoms with Gasteiger partial charge in [0.25, 0.3) is 5.91 Å². The number of piperidine rings is 1. The molecule has 2 aliphatic heterocycles. The second kappa shape index (κ2) is 8.41. The molecule has 2 atom stereocenters. The van der Waals surface area contributed by atoms with Crippen LogP contribution in [0.25, 0.3) is 0 Å². The molecule has 5 nitrogen and oxygen atoms in total. The van der Waals surface area contributed by atoms with Crippen LogP contribution in [0.15, 0.2) is 42.5 Å². The van der Waals surface area contributed by atoms with Crippen molar-refractivity contribution < 1.29 is 18.7 Å². The number of nitrogens with one attached hydrogen (secondary N) is 1. The largest absolute Gasteiger partial charge is 0.493 e. The van der Waals surface area contributed by atoms with Crippen molar-refractivity contribution in [3.05, 3.63) is 59.4 Å². The van der Waals surface area contributed by atoms with Gasteiger partial charge in [0.2, 0.25) is 0 Å². The monoisotopic (exact) mass is 397 g/mol. The van der Waals surface area contributed by atoms with Gasteiger partial charge in [0, 0.05) is 30.2 Å². The van der Waals surface area contributed by atoms with E-state index in [1.807, 2.05) is 12.1 Å². The first-order chi connectivity index (χ1) is 14.1. The Kier molecular flexibility index (Phi) is 5.72. The van der Waals surface area contributed by atoms with Gasteiger partial charge in [-0.15, -0.1) is 0 Å². The van der Waals surface area contributed by atoms with Gasteiger partial charge in [-0.3, -0.25) is 9.69 Å². The summed E-state index contributed by atoms with van der Waals surface area (Å²) >= 11 is 0. The van der Waals surface area contributed by atoms with Gasteiger partial charge in [-0.2, -0.15) is 0 Å². The van der Waals surface area contributed by atoms with Gasteiger partial charge in [-0.05, 0) is 43.9 Å². The molecule has 0 spiro atoms.